The van der Waals surface area contributed by atoms with Gasteiger partial charge in [-0.15, -0.1) is 0 Å². The summed E-state index contributed by atoms with van der Waals surface area (Å²) in [6.07, 6.45) is 2.10. The van der Waals surface area contributed by atoms with Crippen LogP contribution in [0.5, 0.6) is 5.75 Å². The largest absolute Gasteiger partial charge is 0.508 e. The summed E-state index contributed by atoms with van der Waals surface area (Å²) in [5.41, 5.74) is 4.70. The molecule has 0 spiro atoms. The minimum Gasteiger partial charge on any atom is -0.508 e. The van der Waals surface area contributed by atoms with Crippen molar-refractivity contribution in [3.05, 3.63) is 47.8 Å². The normalized spacial score (nSPS) is 10.9. The number of aryl methyl sites for hydroxylation is 3. The number of fused-ring (bicyclic) bond motifs is 4. The number of phenols is 1. The molecule has 0 saturated heterocycles. The number of H-pyrrole nitrogens is 1. The summed E-state index contributed by atoms with van der Waals surface area (Å²) in [5.74, 6) is -0.531. The fourth-order valence-corrected chi connectivity index (χ4v) is 3.21. The van der Waals surface area contributed by atoms with Gasteiger partial charge < -0.3 is 15.2 Å². The first-order valence-corrected chi connectivity index (χ1v) is 8.02. The van der Waals surface area contributed by atoms with Crippen molar-refractivity contribution in [1.29, 1.82) is 0 Å². The van der Waals surface area contributed by atoms with Crippen LogP contribution in [0.4, 0.5) is 0 Å². The summed E-state index contributed by atoms with van der Waals surface area (Å²) in [7, 11) is 2.06. The van der Waals surface area contributed by atoms with Crippen LogP contribution in [0.2, 0.25) is 0 Å². The Labute approximate surface area is 145 Å². The van der Waals surface area contributed by atoms with Gasteiger partial charge in [0, 0.05) is 41.6 Å². The zero-order valence-corrected chi connectivity index (χ0v) is 14.7. The molecule has 4 rings (SSSR count). The number of hydrogen-bond acceptors (Lipinski definition) is 2. The van der Waals surface area contributed by atoms with Gasteiger partial charge in [-0.05, 0) is 42.1 Å². The number of rotatable bonds is 0. The zero-order valence-electron chi connectivity index (χ0n) is 14.7. The van der Waals surface area contributed by atoms with Crippen LogP contribution in [0.15, 0.2) is 36.5 Å². The van der Waals surface area contributed by atoms with Crippen LogP contribution >= 0.6 is 0 Å². The molecular formula is C20H21N2O3+. The van der Waals surface area contributed by atoms with Crippen LogP contribution in [0.1, 0.15) is 18.2 Å². The number of aromatic nitrogens is 2. The van der Waals surface area contributed by atoms with E-state index in [1.165, 1.54) is 27.4 Å². The van der Waals surface area contributed by atoms with Gasteiger partial charge in [-0.2, -0.15) is 0 Å². The minimum absolute atomic E-state index is 0.302. The lowest BCUT2D eigenvalue weighted by Gasteiger charge is -2.05. The summed E-state index contributed by atoms with van der Waals surface area (Å²) in [6.45, 7) is 5.37. The highest BCUT2D eigenvalue weighted by atomic mass is 16.4. The van der Waals surface area contributed by atoms with Crippen LogP contribution in [0.25, 0.3) is 32.6 Å². The molecule has 2 heterocycles. The van der Waals surface area contributed by atoms with Gasteiger partial charge in [-0.3, -0.25) is 4.79 Å². The van der Waals surface area contributed by atoms with Crippen LogP contribution in [-0.4, -0.2) is 21.2 Å². The fraction of sp³-hybridized carbons (Fsp3) is 0.200. The van der Waals surface area contributed by atoms with Gasteiger partial charge in [0.2, 0.25) is 0 Å². The Balaban J connectivity index is 0.000000415. The number of nitrogens with zero attached hydrogens (tertiary/aromatic N) is 1. The monoisotopic (exact) mass is 337 g/mol. The second-order valence-corrected chi connectivity index (χ2v) is 6.27. The van der Waals surface area contributed by atoms with Crippen molar-refractivity contribution in [2.24, 2.45) is 7.05 Å². The smallest absolute Gasteiger partial charge is 0.300 e. The maximum atomic E-state index is 9.77. The molecule has 0 amide bonds. The number of carboxylic acids is 1. The van der Waals surface area contributed by atoms with Crippen molar-refractivity contribution < 1.29 is 19.6 Å². The summed E-state index contributed by atoms with van der Waals surface area (Å²) in [6, 6.07) is 9.88. The summed E-state index contributed by atoms with van der Waals surface area (Å²) in [4.78, 5) is 12.5. The lowest BCUT2D eigenvalue weighted by Crippen LogP contribution is -2.31. The van der Waals surface area contributed by atoms with E-state index in [0.717, 1.165) is 23.3 Å². The molecule has 4 aromatic rings. The SMILES string of the molecule is CC(=O)O.Cc1c2cc[n+](C)c(C)c2cc2c1[nH]c1ccc(O)cc12. The predicted molar refractivity (Wildman–Crippen MR) is 98.9 cm³/mol. The Morgan fingerprint density at radius 3 is 2.40 bits per heavy atom. The van der Waals surface area contributed by atoms with E-state index in [-0.39, 0.29) is 0 Å². The molecular weight excluding hydrogens is 316 g/mol. The molecule has 0 atom stereocenters. The Morgan fingerprint density at radius 1 is 1.04 bits per heavy atom. The number of pyridine rings is 1. The highest BCUT2D eigenvalue weighted by molar-refractivity contribution is 6.14. The van der Waals surface area contributed by atoms with E-state index in [1.807, 2.05) is 12.1 Å². The number of aromatic amines is 1. The van der Waals surface area contributed by atoms with Crippen molar-refractivity contribution in [2.75, 3.05) is 0 Å². The van der Waals surface area contributed by atoms with Gasteiger partial charge in [0.05, 0.1) is 5.52 Å². The first-order chi connectivity index (χ1) is 11.8. The maximum Gasteiger partial charge on any atom is 0.300 e. The fourth-order valence-electron chi connectivity index (χ4n) is 3.21. The van der Waals surface area contributed by atoms with E-state index >= 15 is 0 Å². The van der Waals surface area contributed by atoms with Crippen LogP contribution < -0.4 is 4.57 Å². The number of benzene rings is 2. The number of aliphatic carboxylic acids is 1. The first kappa shape index (κ1) is 16.8. The molecule has 2 aromatic carbocycles. The van der Waals surface area contributed by atoms with E-state index in [0.29, 0.717) is 5.75 Å². The average molecular weight is 337 g/mol. The molecule has 5 heteroatoms. The van der Waals surface area contributed by atoms with Crippen LogP contribution in [0, 0.1) is 13.8 Å². The lowest BCUT2D eigenvalue weighted by molar-refractivity contribution is -0.676. The average Bonchev–Trinajstić information content (AvgIpc) is 2.89. The molecule has 0 aliphatic heterocycles. The van der Waals surface area contributed by atoms with Gasteiger partial charge in [0.1, 0.15) is 12.8 Å². The number of aromatic hydroxyl groups is 1. The van der Waals surface area contributed by atoms with Crippen LogP contribution in [-0.2, 0) is 11.8 Å². The van der Waals surface area contributed by atoms with Gasteiger partial charge >= 0.3 is 0 Å². The Bertz CT molecular complexity index is 1120. The summed E-state index contributed by atoms with van der Waals surface area (Å²) in [5, 5.41) is 22.0. The predicted octanol–water partition coefficient (Wildman–Crippen LogP) is 3.71. The van der Waals surface area contributed by atoms with Gasteiger partial charge in [0.15, 0.2) is 11.9 Å². The number of carboxylic acid groups (broad SMARTS) is 1. The molecule has 128 valence electrons. The summed E-state index contributed by atoms with van der Waals surface area (Å²) < 4.78 is 2.14. The summed E-state index contributed by atoms with van der Waals surface area (Å²) >= 11 is 0. The lowest BCUT2D eigenvalue weighted by atomic mass is 10.0. The van der Waals surface area contributed by atoms with E-state index in [9.17, 15) is 5.11 Å². The second kappa shape index (κ2) is 6.09. The van der Waals surface area contributed by atoms with Crippen molar-refractivity contribution in [1.82, 2.24) is 4.98 Å². The van der Waals surface area contributed by atoms with Crippen molar-refractivity contribution >= 4 is 38.5 Å². The van der Waals surface area contributed by atoms with Crippen molar-refractivity contribution in [2.45, 2.75) is 20.8 Å². The standard InChI is InChI=1S/C18H16N2O.C2H4O2/c1-10-13-6-7-20(3)11(2)14(13)9-16-15-8-12(21)4-5-17(15)19-18(10)16;1-2(3)4/h4-9,21H,1-3H3;1H3,(H,3,4)/p+1. The second-order valence-electron chi connectivity index (χ2n) is 6.27. The highest BCUT2D eigenvalue weighted by Gasteiger charge is 2.14. The van der Waals surface area contributed by atoms with E-state index in [2.05, 4.69) is 48.8 Å². The maximum absolute atomic E-state index is 9.77. The Hall–Kier alpha value is -3.08. The molecule has 0 bridgehead atoms. The van der Waals surface area contributed by atoms with Gasteiger partial charge in [0.25, 0.3) is 5.97 Å². The quantitative estimate of drug-likeness (QED) is 0.428. The van der Waals surface area contributed by atoms with Crippen molar-refractivity contribution in [3.8, 4) is 5.75 Å². The van der Waals surface area contributed by atoms with Gasteiger partial charge in [-0.1, -0.05) is 0 Å². The van der Waals surface area contributed by atoms with E-state index in [4.69, 9.17) is 9.90 Å². The number of nitrogens with one attached hydrogen (secondary N) is 1. The van der Waals surface area contributed by atoms with Crippen LogP contribution in [0.3, 0.4) is 0 Å². The third-order valence-corrected chi connectivity index (χ3v) is 4.56. The minimum atomic E-state index is -0.833. The molecule has 0 unspecified atom stereocenters. The highest BCUT2D eigenvalue weighted by Crippen LogP contribution is 2.34. The molecule has 0 aliphatic rings. The Morgan fingerprint density at radius 2 is 1.72 bits per heavy atom. The zero-order chi connectivity index (χ0) is 18.3. The third kappa shape index (κ3) is 2.89. The number of carbonyl (C=O) groups is 1. The molecule has 0 fully saturated rings. The first-order valence-electron chi connectivity index (χ1n) is 8.02. The molecule has 25 heavy (non-hydrogen) atoms. The van der Waals surface area contributed by atoms with Gasteiger partial charge in [-0.25, -0.2) is 4.57 Å². The number of hydrogen-bond donors (Lipinski definition) is 3. The molecule has 0 saturated carbocycles. The molecule has 2 aromatic heterocycles. The Kier molecular flexibility index (Phi) is 4.08. The number of phenolic OH excluding ortho intramolecular Hbond substituents is 1. The molecule has 5 nitrogen and oxygen atoms in total. The third-order valence-electron chi connectivity index (χ3n) is 4.56. The van der Waals surface area contributed by atoms with E-state index in [1.54, 1.807) is 6.07 Å². The topological polar surface area (TPSA) is 77.2 Å². The molecule has 0 aliphatic carbocycles. The van der Waals surface area contributed by atoms with E-state index < -0.39 is 5.97 Å². The molecule has 3 N–H and O–H groups in total. The van der Waals surface area contributed by atoms with Crippen molar-refractivity contribution in [3.63, 3.8) is 0 Å². The molecule has 0 radical (unpaired) electrons.